The zero-order chi connectivity index (χ0) is 13.1. The first-order valence-corrected chi connectivity index (χ1v) is 5.68. The Labute approximate surface area is 103 Å². The predicted molar refractivity (Wildman–Crippen MR) is 60.5 cm³/mol. The van der Waals surface area contributed by atoms with Gasteiger partial charge in [-0.05, 0) is 18.4 Å². The Morgan fingerprint density at radius 2 is 2.28 bits per heavy atom. The lowest BCUT2D eigenvalue weighted by Crippen LogP contribution is -2.29. The number of rotatable bonds is 3. The van der Waals surface area contributed by atoms with Gasteiger partial charge >= 0.3 is 5.97 Å². The minimum atomic E-state index is -0.860. The van der Waals surface area contributed by atoms with Gasteiger partial charge in [0.15, 0.2) is 0 Å². The van der Waals surface area contributed by atoms with Crippen LogP contribution in [0.2, 0.25) is 0 Å². The number of aromatic nitrogens is 1. The molecule has 1 fully saturated rings. The number of hydrogen-bond donors (Lipinski definition) is 1. The average Bonchev–Trinajstić information content (AvgIpc) is 2.75. The van der Waals surface area contributed by atoms with Gasteiger partial charge in [-0.25, -0.2) is 4.39 Å². The van der Waals surface area contributed by atoms with E-state index in [-0.39, 0.29) is 23.8 Å². The molecular formula is C12H13FN2O3. The number of pyridine rings is 1. The molecular weight excluding hydrogens is 239 g/mol. The third-order valence-corrected chi connectivity index (χ3v) is 2.99. The molecule has 6 heteroatoms. The standard InChI is InChI=1S/C12H13FN2O3/c13-10-4-9(5-14-6-10)12(18)15-2-1-8(7-15)3-11(16)17/h4-6,8H,1-3,7H2,(H,16,17). The quantitative estimate of drug-likeness (QED) is 0.876. The molecule has 1 aromatic rings. The van der Waals surface area contributed by atoms with Gasteiger partial charge in [0.05, 0.1) is 11.8 Å². The second kappa shape index (κ2) is 5.12. The first-order valence-electron chi connectivity index (χ1n) is 5.68. The highest BCUT2D eigenvalue weighted by Gasteiger charge is 2.28. The normalized spacial score (nSPS) is 18.9. The molecule has 0 saturated carbocycles. The van der Waals surface area contributed by atoms with Gasteiger partial charge in [0, 0.05) is 25.7 Å². The summed E-state index contributed by atoms with van der Waals surface area (Å²) in [6.45, 7) is 0.912. The number of nitrogens with zero attached hydrogens (tertiary/aromatic N) is 2. The van der Waals surface area contributed by atoms with Crippen LogP contribution in [0.25, 0.3) is 0 Å². The fourth-order valence-electron chi connectivity index (χ4n) is 2.14. The summed E-state index contributed by atoms with van der Waals surface area (Å²) in [5.41, 5.74) is 0.200. The molecule has 2 heterocycles. The maximum Gasteiger partial charge on any atom is 0.303 e. The maximum atomic E-state index is 13.0. The molecule has 0 radical (unpaired) electrons. The average molecular weight is 252 g/mol. The Bertz CT molecular complexity index is 478. The SMILES string of the molecule is O=C(O)CC1CCN(C(=O)c2cncc(F)c2)C1. The lowest BCUT2D eigenvalue weighted by atomic mass is 10.1. The summed E-state index contributed by atoms with van der Waals surface area (Å²) in [4.78, 5) is 27.8. The van der Waals surface area contributed by atoms with Crippen LogP contribution in [-0.2, 0) is 4.79 Å². The molecule has 1 aliphatic rings. The van der Waals surface area contributed by atoms with Gasteiger partial charge in [-0.3, -0.25) is 14.6 Å². The van der Waals surface area contributed by atoms with Gasteiger partial charge in [-0.2, -0.15) is 0 Å². The van der Waals surface area contributed by atoms with Crippen LogP contribution in [-0.4, -0.2) is 40.0 Å². The van der Waals surface area contributed by atoms with Crippen molar-refractivity contribution in [2.45, 2.75) is 12.8 Å². The molecule has 0 spiro atoms. The summed E-state index contributed by atoms with van der Waals surface area (Å²) in [5, 5.41) is 8.69. The van der Waals surface area contributed by atoms with E-state index in [1.807, 2.05) is 0 Å². The van der Waals surface area contributed by atoms with Crippen LogP contribution in [0.15, 0.2) is 18.5 Å². The second-order valence-electron chi connectivity index (χ2n) is 4.40. The largest absolute Gasteiger partial charge is 0.481 e. The molecule has 0 aromatic carbocycles. The smallest absolute Gasteiger partial charge is 0.303 e. The molecule has 1 aromatic heterocycles. The van der Waals surface area contributed by atoms with Gasteiger partial charge < -0.3 is 10.0 Å². The van der Waals surface area contributed by atoms with Gasteiger partial charge in [-0.1, -0.05) is 0 Å². The topological polar surface area (TPSA) is 70.5 Å². The number of carbonyl (C=O) groups excluding carboxylic acids is 1. The molecule has 18 heavy (non-hydrogen) atoms. The van der Waals surface area contributed by atoms with E-state index in [1.54, 1.807) is 4.90 Å². The predicted octanol–water partition coefficient (Wildman–Crippen LogP) is 1.16. The molecule has 1 N–H and O–H groups in total. The van der Waals surface area contributed by atoms with E-state index < -0.39 is 11.8 Å². The lowest BCUT2D eigenvalue weighted by Gasteiger charge is -2.15. The minimum absolute atomic E-state index is 0.0204. The van der Waals surface area contributed by atoms with Crippen LogP contribution in [0.5, 0.6) is 0 Å². The van der Waals surface area contributed by atoms with Gasteiger partial charge in [0.1, 0.15) is 5.82 Å². The van der Waals surface area contributed by atoms with Gasteiger partial charge in [0.25, 0.3) is 5.91 Å². The zero-order valence-electron chi connectivity index (χ0n) is 9.67. The van der Waals surface area contributed by atoms with E-state index in [4.69, 9.17) is 5.11 Å². The van der Waals surface area contributed by atoms with Crippen molar-refractivity contribution in [1.29, 1.82) is 0 Å². The number of carboxylic acid groups (broad SMARTS) is 1. The molecule has 1 aliphatic heterocycles. The molecule has 1 atom stereocenters. The van der Waals surface area contributed by atoms with E-state index in [0.717, 1.165) is 12.3 Å². The lowest BCUT2D eigenvalue weighted by molar-refractivity contribution is -0.138. The molecule has 0 bridgehead atoms. The number of amides is 1. The van der Waals surface area contributed by atoms with Crippen LogP contribution in [0.4, 0.5) is 4.39 Å². The highest BCUT2D eigenvalue weighted by atomic mass is 19.1. The van der Waals surface area contributed by atoms with E-state index in [1.165, 1.54) is 6.20 Å². The van der Waals surface area contributed by atoms with Crippen LogP contribution < -0.4 is 0 Å². The summed E-state index contributed by atoms with van der Waals surface area (Å²) < 4.78 is 13.0. The Morgan fingerprint density at radius 3 is 2.94 bits per heavy atom. The number of carbonyl (C=O) groups is 2. The van der Waals surface area contributed by atoms with Crippen LogP contribution in [0.1, 0.15) is 23.2 Å². The molecule has 1 unspecified atom stereocenters. The number of halogens is 1. The van der Waals surface area contributed by atoms with E-state index in [0.29, 0.717) is 19.5 Å². The van der Waals surface area contributed by atoms with Crippen molar-refractivity contribution in [1.82, 2.24) is 9.88 Å². The summed E-state index contributed by atoms with van der Waals surface area (Å²) in [5.74, 6) is -1.73. The summed E-state index contributed by atoms with van der Waals surface area (Å²) >= 11 is 0. The zero-order valence-corrected chi connectivity index (χ0v) is 9.67. The summed E-state index contributed by atoms with van der Waals surface area (Å²) in [6, 6.07) is 1.14. The number of aliphatic carboxylic acids is 1. The van der Waals surface area contributed by atoms with Crippen LogP contribution in [0.3, 0.4) is 0 Å². The summed E-state index contributed by atoms with van der Waals surface area (Å²) in [7, 11) is 0. The van der Waals surface area contributed by atoms with Crippen molar-refractivity contribution in [3.05, 3.63) is 29.8 Å². The highest BCUT2D eigenvalue weighted by Crippen LogP contribution is 2.21. The van der Waals surface area contributed by atoms with Crippen molar-refractivity contribution in [2.24, 2.45) is 5.92 Å². The Morgan fingerprint density at radius 1 is 1.50 bits per heavy atom. The Kier molecular flexibility index (Phi) is 3.55. The van der Waals surface area contributed by atoms with Crippen molar-refractivity contribution in [3.8, 4) is 0 Å². The van der Waals surface area contributed by atoms with Crippen LogP contribution >= 0.6 is 0 Å². The number of likely N-dealkylation sites (tertiary alicyclic amines) is 1. The highest BCUT2D eigenvalue weighted by molar-refractivity contribution is 5.94. The van der Waals surface area contributed by atoms with Crippen molar-refractivity contribution >= 4 is 11.9 Å². The van der Waals surface area contributed by atoms with E-state index >= 15 is 0 Å². The fraction of sp³-hybridized carbons (Fsp3) is 0.417. The van der Waals surface area contributed by atoms with Gasteiger partial charge in [-0.15, -0.1) is 0 Å². The molecule has 96 valence electrons. The first kappa shape index (κ1) is 12.5. The Hall–Kier alpha value is -1.98. The minimum Gasteiger partial charge on any atom is -0.481 e. The maximum absolute atomic E-state index is 13.0. The molecule has 5 nitrogen and oxygen atoms in total. The molecule has 1 saturated heterocycles. The number of carboxylic acids is 1. The fourth-order valence-corrected chi connectivity index (χ4v) is 2.14. The molecule has 0 aliphatic carbocycles. The van der Waals surface area contributed by atoms with Crippen molar-refractivity contribution < 1.29 is 19.1 Å². The molecule has 1 amide bonds. The van der Waals surface area contributed by atoms with Gasteiger partial charge in [0.2, 0.25) is 0 Å². The van der Waals surface area contributed by atoms with Crippen molar-refractivity contribution in [2.75, 3.05) is 13.1 Å². The second-order valence-corrected chi connectivity index (χ2v) is 4.40. The van der Waals surface area contributed by atoms with Crippen LogP contribution in [0, 0.1) is 11.7 Å². The summed E-state index contributed by atoms with van der Waals surface area (Å²) in [6.07, 6.45) is 3.08. The molecule has 2 rings (SSSR count). The first-order chi connectivity index (χ1) is 8.56. The third-order valence-electron chi connectivity index (χ3n) is 2.99. The van der Waals surface area contributed by atoms with Crippen molar-refractivity contribution in [3.63, 3.8) is 0 Å². The monoisotopic (exact) mass is 252 g/mol. The Balaban J connectivity index is 2.01. The third kappa shape index (κ3) is 2.82. The van der Waals surface area contributed by atoms with E-state index in [2.05, 4.69) is 4.98 Å². The number of hydrogen-bond acceptors (Lipinski definition) is 3. The van der Waals surface area contributed by atoms with E-state index in [9.17, 15) is 14.0 Å².